The third-order valence-corrected chi connectivity index (χ3v) is 7.97. The van der Waals surface area contributed by atoms with E-state index in [9.17, 15) is 9.59 Å². The lowest BCUT2D eigenvalue weighted by atomic mass is 9.86. The van der Waals surface area contributed by atoms with Gasteiger partial charge in [-0.1, -0.05) is 79.7 Å². The van der Waals surface area contributed by atoms with E-state index in [1.165, 1.54) is 27.6 Å². The summed E-state index contributed by atoms with van der Waals surface area (Å²) in [6.07, 6.45) is 12.2. The summed E-state index contributed by atoms with van der Waals surface area (Å²) in [5, 5.41) is 8.94. The highest BCUT2D eigenvalue weighted by Crippen LogP contribution is 2.32. The third-order valence-electron chi connectivity index (χ3n) is 7.97. The first-order valence-corrected chi connectivity index (χ1v) is 16.0. The Bertz CT molecular complexity index is 1480. The number of hydrogen-bond acceptors (Lipinski definition) is 4. The summed E-state index contributed by atoms with van der Waals surface area (Å²) in [6.45, 7) is 8.51. The molecule has 0 bridgehead atoms. The fourth-order valence-electron chi connectivity index (χ4n) is 5.60. The Kier molecular flexibility index (Phi) is 14.4. The first-order chi connectivity index (χ1) is 21.7. The number of piperidine rings is 1. The van der Waals surface area contributed by atoms with Crippen LogP contribution in [0, 0.1) is 0 Å². The molecule has 1 fully saturated rings. The van der Waals surface area contributed by atoms with Crippen molar-refractivity contribution in [2.24, 2.45) is 5.73 Å². The topological polar surface area (TPSA) is 90.7 Å². The average molecular weight is 610 g/mol. The molecule has 0 spiro atoms. The third kappa shape index (κ3) is 11.6. The van der Waals surface area contributed by atoms with E-state index in [1.807, 2.05) is 64.5 Å². The van der Waals surface area contributed by atoms with Gasteiger partial charge in [0, 0.05) is 43.6 Å². The summed E-state index contributed by atoms with van der Waals surface area (Å²) in [4.78, 5) is 27.3. The predicted octanol–water partition coefficient (Wildman–Crippen LogP) is 7.93. The van der Waals surface area contributed by atoms with Crippen molar-refractivity contribution in [3.8, 4) is 0 Å². The zero-order valence-electron chi connectivity index (χ0n) is 27.7. The van der Waals surface area contributed by atoms with Crippen LogP contribution in [0.25, 0.3) is 10.8 Å². The van der Waals surface area contributed by atoms with Crippen molar-refractivity contribution in [1.82, 2.24) is 15.1 Å². The second kappa shape index (κ2) is 18.4. The maximum atomic E-state index is 12.3. The van der Waals surface area contributed by atoms with Gasteiger partial charge in [-0.05, 0) is 99.1 Å². The van der Waals surface area contributed by atoms with Crippen LogP contribution in [0.4, 0.5) is 10.5 Å². The van der Waals surface area contributed by atoms with E-state index in [0.29, 0.717) is 18.8 Å². The van der Waals surface area contributed by atoms with Crippen molar-refractivity contribution in [3.05, 3.63) is 114 Å². The lowest BCUT2D eigenvalue weighted by Crippen LogP contribution is -2.41. The van der Waals surface area contributed by atoms with Gasteiger partial charge in [0.25, 0.3) is 0 Å². The Morgan fingerprint density at radius 2 is 1.69 bits per heavy atom. The minimum absolute atomic E-state index is 0.0316. The Balaban J connectivity index is 0.000000256. The van der Waals surface area contributed by atoms with Crippen LogP contribution < -0.4 is 16.4 Å². The summed E-state index contributed by atoms with van der Waals surface area (Å²) in [5.41, 5.74) is 11.1. The number of nitrogens with two attached hydrogens (primary N) is 1. The van der Waals surface area contributed by atoms with Gasteiger partial charge in [-0.2, -0.15) is 0 Å². The van der Waals surface area contributed by atoms with Crippen molar-refractivity contribution in [2.75, 3.05) is 32.5 Å². The SMILES string of the molecule is C/C=C/C(=C\N/C(=C/C)CC)CCC(=O)Nc1cccc(CN(C)C)c1.NC(=O)N1CCC(c2cccc3ccccc23)CC1. The number of allylic oxidation sites excluding steroid dienone is 5. The molecule has 7 nitrogen and oxygen atoms in total. The maximum absolute atomic E-state index is 12.3. The molecule has 4 rings (SSSR count). The van der Waals surface area contributed by atoms with Gasteiger partial charge in [0.05, 0.1) is 0 Å². The van der Waals surface area contributed by atoms with Crippen LogP contribution >= 0.6 is 0 Å². The van der Waals surface area contributed by atoms with E-state index in [4.69, 9.17) is 5.73 Å². The maximum Gasteiger partial charge on any atom is 0.314 e. The molecule has 0 atom stereocenters. The van der Waals surface area contributed by atoms with E-state index < -0.39 is 0 Å². The highest BCUT2D eigenvalue weighted by Gasteiger charge is 2.23. The summed E-state index contributed by atoms with van der Waals surface area (Å²) < 4.78 is 0. The number of benzene rings is 3. The predicted molar refractivity (Wildman–Crippen MR) is 189 cm³/mol. The summed E-state index contributed by atoms with van der Waals surface area (Å²) >= 11 is 0. The van der Waals surface area contributed by atoms with Gasteiger partial charge in [-0.3, -0.25) is 4.79 Å². The minimum Gasteiger partial charge on any atom is -0.365 e. The molecule has 1 aliphatic rings. The second-order valence-corrected chi connectivity index (χ2v) is 11.7. The van der Waals surface area contributed by atoms with Crippen LogP contribution in [-0.2, 0) is 11.3 Å². The van der Waals surface area contributed by atoms with Crippen LogP contribution in [0.1, 0.15) is 69.9 Å². The highest BCUT2D eigenvalue weighted by atomic mass is 16.2. The number of likely N-dealkylation sites (tertiary alicyclic amines) is 1. The van der Waals surface area contributed by atoms with Crippen molar-refractivity contribution in [2.45, 2.75) is 65.3 Å². The summed E-state index contributed by atoms with van der Waals surface area (Å²) in [6, 6.07) is 22.7. The molecular weight excluding hydrogens is 558 g/mol. The van der Waals surface area contributed by atoms with Gasteiger partial charge in [0.1, 0.15) is 0 Å². The molecule has 1 aliphatic heterocycles. The molecular formula is C38H51N5O2. The Hall–Kier alpha value is -4.36. The summed E-state index contributed by atoms with van der Waals surface area (Å²) in [7, 11) is 4.07. The van der Waals surface area contributed by atoms with Gasteiger partial charge >= 0.3 is 6.03 Å². The largest absolute Gasteiger partial charge is 0.365 e. The highest BCUT2D eigenvalue weighted by molar-refractivity contribution is 5.91. The number of amides is 3. The number of carbonyl (C=O) groups is 2. The molecule has 3 aromatic carbocycles. The number of urea groups is 1. The lowest BCUT2D eigenvalue weighted by molar-refractivity contribution is -0.116. The fourth-order valence-corrected chi connectivity index (χ4v) is 5.60. The minimum atomic E-state index is -0.295. The van der Waals surface area contributed by atoms with Crippen molar-refractivity contribution in [3.63, 3.8) is 0 Å². The molecule has 240 valence electrons. The number of primary amides is 1. The molecule has 0 unspecified atom stereocenters. The molecule has 0 saturated carbocycles. The van der Waals surface area contributed by atoms with E-state index in [0.717, 1.165) is 50.2 Å². The molecule has 0 aliphatic carbocycles. The van der Waals surface area contributed by atoms with Gasteiger partial charge in [0.15, 0.2) is 0 Å². The van der Waals surface area contributed by atoms with Gasteiger partial charge in [-0.15, -0.1) is 0 Å². The lowest BCUT2D eigenvalue weighted by Gasteiger charge is -2.31. The van der Waals surface area contributed by atoms with Crippen LogP contribution in [0.15, 0.2) is 102 Å². The van der Waals surface area contributed by atoms with E-state index in [2.05, 4.69) is 77.1 Å². The van der Waals surface area contributed by atoms with E-state index in [-0.39, 0.29) is 11.9 Å². The van der Waals surface area contributed by atoms with Crippen LogP contribution in [0.5, 0.6) is 0 Å². The quantitative estimate of drug-likeness (QED) is 0.193. The monoisotopic (exact) mass is 609 g/mol. The van der Waals surface area contributed by atoms with Crippen molar-refractivity contribution < 1.29 is 9.59 Å². The standard InChI is InChI=1S/C22H33N3O.C16H18N2O/c1-6-10-18(16-23-20(7-2)8-3)13-14-22(26)24-21-12-9-11-19(15-21)17-25(4)5;17-16(19)18-10-8-13(9-11-18)15-7-3-5-12-4-1-2-6-14(12)15/h6-7,9-12,15-16,23H,8,13-14,17H2,1-5H3,(H,24,26);1-7,13H,8-11H2,(H2,17,19)/b10-6+,18-16+,20-7+;. The van der Waals surface area contributed by atoms with E-state index >= 15 is 0 Å². The first-order valence-electron chi connectivity index (χ1n) is 16.0. The van der Waals surface area contributed by atoms with Crippen molar-refractivity contribution in [1.29, 1.82) is 0 Å². The molecule has 3 aromatic rings. The molecule has 4 N–H and O–H groups in total. The fraction of sp³-hybridized carbons (Fsp3) is 0.368. The van der Waals surface area contributed by atoms with Crippen LogP contribution in [-0.4, -0.2) is 48.9 Å². The summed E-state index contributed by atoms with van der Waals surface area (Å²) in [5.74, 6) is 0.561. The Morgan fingerprint density at radius 1 is 0.978 bits per heavy atom. The molecule has 1 heterocycles. The molecule has 1 saturated heterocycles. The van der Waals surface area contributed by atoms with Crippen LogP contribution in [0.3, 0.4) is 0 Å². The number of nitrogens with zero attached hydrogens (tertiary/aromatic N) is 2. The van der Waals surface area contributed by atoms with Gasteiger partial charge < -0.3 is 26.2 Å². The number of hydrogen-bond donors (Lipinski definition) is 3. The molecule has 45 heavy (non-hydrogen) atoms. The second-order valence-electron chi connectivity index (χ2n) is 11.7. The molecule has 0 radical (unpaired) electrons. The number of carbonyl (C=O) groups excluding carboxylic acids is 2. The molecule has 3 amide bonds. The number of anilines is 1. The zero-order chi connectivity index (χ0) is 32.6. The average Bonchev–Trinajstić information content (AvgIpc) is 3.04. The van der Waals surface area contributed by atoms with Crippen LogP contribution in [0.2, 0.25) is 0 Å². The normalized spacial score (nSPS) is 14.4. The zero-order valence-corrected chi connectivity index (χ0v) is 27.7. The number of fused-ring (bicyclic) bond motifs is 1. The smallest absolute Gasteiger partial charge is 0.314 e. The van der Waals surface area contributed by atoms with E-state index in [1.54, 1.807) is 4.90 Å². The molecule has 0 aromatic heterocycles. The number of rotatable bonds is 11. The Labute approximate surface area is 269 Å². The van der Waals surface area contributed by atoms with Gasteiger partial charge in [0.2, 0.25) is 5.91 Å². The van der Waals surface area contributed by atoms with Crippen molar-refractivity contribution >= 4 is 28.4 Å². The Morgan fingerprint density at radius 3 is 2.36 bits per heavy atom. The first kappa shape index (κ1) is 35.1. The number of nitrogens with one attached hydrogen (secondary N) is 2. The van der Waals surface area contributed by atoms with Gasteiger partial charge in [-0.25, -0.2) is 4.79 Å². The molecule has 7 heteroatoms.